The molecule has 0 saturated heterocycles. The summed E-state index contributed by atoms with van der Waals surface area (Å²) in [6.45, 7) is 1.86. The monoisotopic (exact) mass is 232 g/mol. The number of nitrogens with two attached hydrogens (primary N) is 1. The molecule has 88 valence electrons. The highest BCUT2D eigenvalue weighted by Gasteiger charge is 2.06. The summed E-state index contributed by atoms with van der Waals surface area (Å²) < 4.78 is 18.7. The lowest BCUT2D eigenvalue weighted by Gasteiger charge is -2.09. The molecule has 0 aliphatic heterocycles. The molecule has 1 aromatic heterocycles. The van der Waals surface area contributed by atoms with Gasteiger partial charge in [0, 0.05) is 18.3 Å². The Morgan fingerprint density at radius 3 is 2.76 bits per heavy atom. The van der Waals surface area contributed by atoms with Crippen molar-refractivity contribution < 1.29 is 9.13 Å². The van der Waals surface area contributed by atoms with Crippen LogP contribution in [0.15, 0.2) is 42.6 Å². The lowest BCUT2D eigenvalue weighted by molar-refractivity contribution is 0.426. The Balaban J connectivity index is 2.25. The molecule has 0 aliphatic carbocycles. The summed E-state index contributed by atoms with van der Waals surface area (Å²) in [4.78, 5) is 4.01. The van der Waals surface area contributed by atoms with Crippen molar-refractivity contribution in [3.05, 3.63) is 54.0 Å². The first kappa shape index (κ1) is 11.5. The van der Waals surface area contributed by atoms with Crippen molar-refractivity contribution in [2.45, 2.75) is 13.0 Å². The van der Waals surface area contributed by atoms with Gasteiger partial charge in [-0.05, 0) is 30.7 Å². The van der Waals surface area contributed by atoms with Crippen molar-refractivity contribution in [1.29, 1.82) is 0 Å². The van der Waals surface area contributed by atoms with Crippen molar-refractivity contribution in [2.75, 3.05) is 0 Å². The number of halogens is 1. The number of para-hydroxylation sites is 1. The highest BCUT2D eigenvalue weighted by molar-refractivity contribution is 5.30. The fourth-order valence-corrected chi connectivity index (χ4v) is 1.40. The molecule has 2 N–H and O–H groups in total. The quantitative estimate of drug-likeness (QED) is 0.884. The Morgan fingerprint density at radius 2 is 2.06 bits per heavy atom. The number of nitrogens with zero attached hydrogens (tertiary/aromatic N) is 1. The second-order valence-corrected chi connectivity index (χ2v) is 3.75. The Labute approximate surface area is 99.1 Å². The van der Waals surface area contributed by atoms with Crippen LogP contribution in [0.3, 0.4) is 0 Å². The van der Waals surface area contributed by atoms with E-state index >= 15 is 0 Å². The number of hydrogen-bond donors (Lipinski definition) is 1. The number of benzene rings is 1. The molecule has 1 atom stereocenters. The van der Waals surface area contributed by atoms with Crippen LogP contribution in [0, 0.1) is 5.82 Å². The number of pyridine rings is 1. The second kappa shape index (κ2) is 4.93. The van der Waals surface area contributed by atoms with Crippen LogP contribution in [-0.4, -0.2) is 4.98 Å². The highest BCUT2D eigenvalue weighted by Crippen LogP contribution is 2.23. The molecule has 0 bridgehead atoms. The minimum absolute atomic E-state index is 0.110. The van der Waals surface area contributed by atoms with E-state index in [0.717, 1.165) is 5.56 Å². The van der Waals surface area contributed by atoms with Gasteiger partial charge in [-0.2, -0.15) is 0 Å². The molecule has 0 radical (unpaired) electrons. The highest BCUT2D eigenvalue weighted by atomic mass is 19.1. The molecule has 0 saturated carbocycles. The first-order chi connectivity index (χ1) is 8.16. The molecule has 2 aromatic rings. The fourth-order valence-electron chi connectivity index (χ4n) is 1.40. The zero-order valence-electron chi connectivity index (χ0n) is 9.43. The van der Waals surface area contributed by atoms with E-state index in [4.69, 9.17) is 10.5 Å². The van der Waals surface area contributed by atoms with Gasteiger partial charge in [-0.25, -0.2) is 9.37 Å². The Bertz CT molecular complexity index is 514. The number of hydrogen-bond acceptors (Lipinski definition) is 3. The van der Waals surface area contributed by atoms with Gasteiger partial charge in [-0.3, -0.25) is 0 Å². The van der Waals surface area contributed by atoms with Crippen molar-refractivity contribution in [3.8, 4) is 11.6 Å². The maximum Gasteiger partial charge on any atom is 0.219 e. The van der Waals surface area contributed by atoms with E-state index in [1.54, 1.807) is 36.5 Å². The van der Waals surface area contributed by atoms with Gasteiger partial charge < -0.3 is 10.5 Å². The third-order valence-corrected chi connectivity index (χ3v) is 2.34. The van der Waals surface area contributed by atoms with Crippen molar-refractivity contribution in [1.82, 2.24) is 4.98 Å². The van der Waals surface area contributed by atoms with Crippen molar-refractivity contribution >= 4 is 0 Å². The molecule has 0 aliphatic rings. The lowest BCUT2D eigenvalue weighted by atomic mass is 10.1. The topological polar surface area (TPSA) is 48.1 Å². The van der Waals surface area contributed by atoms with E-state index in [1.807, 2.05) is 6.92 Å². The van der Waals surface area contributed by atoms with Crippen molar-refractivity contribution in [3.63, 3.8) is 0 Å². The normalized spacial score (nSPS) is 12.2. The molecule has 0 fully saturated rings. The van der Waals surface area contributed by atoms with Crippen LogP contribution < -0.4 is 10.5 Å². The third kappa shape index (κ3) is 2.79. The first-order valence-electron chi connectivity index (χ1n) is 5.31. The molecular formula is C13H13FN2O. The predicted molar refractivity (Wildman–Crippen MR) is 63.3 cm³/mol. The van der Waals surface area contributed by atoms with Gasteiger partial charge >= 0.3 is 0 Å². The summed E-state index contributed by atoms with van der Waals surface area (Å²) in [6, 6.07) is 9.60. The van der Waals surface area contributed by atoms with Crippen LogP contribution in [0.25, 0.3) is 0 Å². The van der Waals surface area contributed by atoms with Crippen LogP contribution in [0.2, 0.25) is 0 Å². The fraction of sp³-hybridized carbons (Fsp3) is 0.154. The van der Waals surface area contributed by atoms with Gasteiger partial charge in [0.05, 0.1) is 0 Å². The SMILES string of the molecule is C[C@@H](N)c1ccnc(Oc2ccccc2F)c1. The molecule has 0 spiro atoms. The molecule has 1 heterocycles. The van der Waals surface area contributed by atoms with E-state index in [2.05, 4.69) is 4.98 Å². The van der Waals surface area contributed by atoms with Crippen LogP contribution in [0.5, 0.6) is 11.6 Å². The van der Waals surface area contributed by atoms with Crippen LogP contribution in [0.1, 0.15) is 18.5 Å². The maximum atomic E-state index is 13.4. The number of aromatic nitrogens is 1. The van der Waals surface area contributed by atoms with E-state index < -0.39 is 5.82 Å². The number of ether oxygens (including phenoxy) is 1. The first-order valence-corrected chi connectivity index (χ1v) is 5.31. The third-order valence-electron chi connectivity index (χ3n) is 2.34. The average Bonchev–Trinajstić information content (AvgIpc) is 2.32. The van der Waals surface area contributed by atoms with E-state index in [-0.39, 0.29) is 11.8 Å². The molecule has 1 aromatic carbocycles. The van der Waals surface area contributed by atoms with Gasteiger partial charge in [-0.15, -0.1) is 0 Å². The second-order valence-electron chi connectivity index (χ2n) is 3.75. The largest absolute Gasteiger partial charge is 0.436 e. The molecule has 3 nitrogen and oxygen atoms in total. The number of rotatable bonds is 3. The molecule has 4 heteroatoms. The summed E-state index contributed by atoms with van der Waals surface area (Å²) in [7, 11) is 0. The Hall–Kier alpha value is -1.94. The summed E-state index contributed by atoms with van der Waals surface area (Å²) in [5.74, 6) is 0.0761. The van der Waals surface area contributed by atoms with E-state index in [9.17, 15) is 4.39 Å². The maximum absolute atomic E-state index is 13.4. The van der Waals surface area contributed by atoms with Gasteiger partial charge in [0.2, 0.25) is 5.88 Å². The van der Waals surface area contributed by atoms with Gasteiger partial charge in [0.25, 0.3) is 0 Å². The predicted octanol–water partition coefficient (Wildman–Crippen LogP) is 3.03. The molecule has 0 amide bonds. The molecule has 0 unspecified atom stereocenters. The van der Waals surface area contributed by atoms with Gasteiger partial charge in [-0.1, -0.05) is 12.1 Å². The zero-order valence-corrected chi connectivity index (χ0v) is 9.43. The smallest absolute Gasteiger partial charge is 0.219 e. The van der Waals surface area contributed by atoms with Crippen LogP contribution >= 0.6 is 0 Å². The summed E-state index contributed by atoms with van der Waals surface area (Å²) >= 11 is 0. The molecule has 17 heavy (non-hydrogen) atoms. The summed E-state index contributed by atoms with van der Waals surface area (Å²) in [5.41, 5.74) is 6.64. The minimum Gasteiger partial charge on any atom is -0.436 e. The summed E-state index contributed by atoms with van der Waals surface area (Å²) in [6.07, 6.45) is 1.59. The zero-order chi connectivity index (χ0) is 12.3. The van der Waals surface area contributed by atoms with Crippen LogP contribution in [-0.2, 0) is 0 Å². The molecule has 2 rings (SSSR count). The molecular weight excluding hydrogens is 219 g/mol. The van der Waals surface area contributed by atoms with Gasteiger partial charge in [0.15, 0.2) is 11.6 Å². The van der Waals surface area contributed by atoms with E-state index in [0.29, 0.717) is 5.88 Å². The Morgan fingerprint density at radius 1 is 1.29 bits per heavy atom. The van der Waals surface area contributed by atoms with Gasteiger partial charge in [0.1, 0.15) is 0 Å². The average molecular weight is 232 g/mol. The lowest BCUT2D eigenvalue weighted by Crippen LogP contribution is -2.05. The summed E-state index contributed by atoms with van der Waals surface area (Å²) in [5, 5.41) is 0. The van der Waals surface area contributed by atoms with Crippen LogP contribution in [0.4, 0.5) is 4.39 Å². The Kier molecular flexibility index (Phi) is 3.35. The van der Waals surface area contributed by atoms with E-state index in [1.165, 1.54) is 6.07 Å². The van der Waals surface area contributed by atoms with Crippen molar-refractivity contribution in [2.24, 2.45) is 5.73 Å². The standard InChI is InChI=1S/C13H13FN2O/c1-9(15)10-6-7-16-13(8-10)17-12-5-3-2-4-11(12)14/h2-9H,15H2,1H3/t9-/m1/s1. The minimum atomic E-state index is -0.416.